The lowest BCUT2D eigenvalue weighted by Gasteiger charge is -2.04. The van der Waals surface area contributed by atoms with E-state index in [1.807, 2.05) is 0 Å². The molecule has 5 nitrogen and oxygen atoms in total. The smallest absolute Gasteiger partial charge is 0.252 e. The van der Waals surface area contributed by atoms with Gasteiger partial charge in [0.2, 0.25) is 0 Å². The van der Waals surface area contributed by atoms with Crippen molar-refractivity contribution in [2.75, 3.05) is 0 Å². The van der Waals surface area contributed by atoms with Crippen LogP contribution in [0.3, 0.4) is 0 Å². The van der Waals surface area contributed by atoms with E-state index in [4.69, 9.17) is 5.73 Å². The number of primary amides is 1. The van der Waals surface area contributed by atoms with Crippen molar-refractivity contribution in [3.8, 4) is 11.5 Å². The van der Waals surface area contributed by atoms with Crippen molar-refractivity contribution < 1.29 is 4.79 Å². The van der Waals surface area contributed by atoms with Gasteiger partial charge in [0, 0.05) is 0 Å². The summed E-state index contributed by atoms with van der Waals surface area (Å²) < 4.78 is 1.55. The standard InChI is InChI=1S/C12H14N4OSi/c1-18(2,3)7-6-9-4-5-10(11(13)17)12-14-8-15-16(9)12/h4-5,8H,1-3H3,(H2,13,17). The molecule has 0 spiro atoms. The van der Waals surface area contributed by atoms with Gasteiger partial charge in [-0.1, -0.05) is 25.6 Å². The molecule has 0 aliphatic carbocycles. The van der Waals surface area contributed by atoms with Gasteiger partial charge >= 0.3 is 0 Å². The van der Waals surface area contributed by atoms with E-state index in [0.717, 1.165) is 5.69 Å². The van der Waals surface area contributed by atoms with E-state index in [9.17, 15) is 4.79 Å². The Morgan fingerprint density at radius 2 is 2.11 bits per heavy atom. The van der Waals surface area contributed by atoms with Gasteiger partial charge < -0.3 is 5.73 Å². The molecule has 92 valence electrons. The Balaban J connectivity index is 2.61. The summed E-state index contributed by atoms with van der Waals surface area (Å²) in [7, 11) is -1.46. The van der Waals surface area contributed by atoms with Crippen molar-refractivity contribution in [3.63, 3.8) is 0 Å². The van der Waals surface area contributed by atoms with Crippen molar-refractivity contribution in [1.29, 1.82) is 0 Å². The second-order valence-corrected chi connectivity index (χ2v) is 9.74. The van der Waals surface area contributed by atoms with Crippen molar-refractivity contribution in [2.45, 2.75) is 19.6 Å². The van der Waals surface area contributed by atoms with Crippen molar-refractivity contribution in [2.24, 2.45) is 5.73 Å². The number of amides is 1. The minimum atomic E-state index is -1.46. The fourth-order valence-corrected chi connectivity index (χ4v) is 1.95. The third-order valence-electron chi connectivity index (χ3n) is 2.26. The summed E-state index contributed by atoms with van der Waals surface area (Å²) in [5.74, 6) is 2.58. The Kier molecular flexibility index (Phi) is 2.93. The van der Waals surface area contributed by atoms with E-state index >= 15 is 0 Å². The van der Waals surface area contributed by atoms with Crippen molar-refractivity contribution >= 4 is 19.6 Å². The van der Waals surface area contributed by atoms with Crippen LogP contribution in [-0.4, -0.2) is 28.6 Å². The average Bonchev–Trinajstić information content (AvgIpc) is 2.72. The largest absolute Gasteiger partial charge is 0.365 e. The Labute approximate surface area is 106 Å². The summed E-state index contributed by atoms with van der Waals surface area (Å²) >= 11 is 0. The molecule has 0 unspecified atom stereocenters. The Bertz CT molecular complexity index is 673. The molecule has 1 amide bonds. The van der Waals surface area contributed by atoms with Crippen LogP contribution in [0.4, 0.5) is 0 Å². The van der Waals surface area contributed by atoms with Crippen LogP contribution in [0.5, 0.6) is 0 Å². The first kappa shape index (κ1) is 12.3. The molecule has 2 aromatic rings. The van der Waals surface area contributed by atoms with Crippen LogP contribution >= 0.6 is 0 Å². The summed E-state index contributed by atoms with van der Waals surface area (Å²) in [4.78, 5) is 15.3. The number of nitrogens with zero attached hydrogens (tertiary/aromatic N) is 3. The highest BCUT2D eigenvalue weighted by Crippen LogP contribution is 2.10. The third kappa shape index (κ3) is 2.41. The summed E-state index contributed by atoms with van der Waals surface area (Å²) in [6, 6.07) is 3.38. The fourth-order valence-electron chi connectivity index (χ4n) is 1.45. The van der Waals surface area contributed by atoms with Crippen LogP contribution in [0.1, 0.15) is 16.1 Å². The maximum absolute atomic E-state index is 11.3. The number of carbonyl (C=O) groups is 1. The van der Waals surface area contributed by atoms with Gasteiger partial charge in [-0.05, 0) is 12.1 Å². The first-order valence-electron chi connectivity index (χ1n) is 5.54. The molecule has 0 saturated carbocycles. The molecule has 2 rings (SSSR count). The van der Waals surface area contributed by atoms with Crippen molar-refractivity contribution in [1.82, 2.24) is 14.6 Å². The maximum atomic E-state index is 11.3. The zero-order chi connectivity index (χ0) is 13.3. The highest BCUT2D eigenvalue weighted by Gasteiger charge is 2.12. The van der Waals surface area contributed by atoms with Gasteiger partial charge in [-0.3, -0.25) is 4.79 Å². The molecule has 0 saturated heterocycles. The van der Waals surface area contributed by atoms with Crippen LogP contribution < -0.4 is 5.73 Å². The van der Waals surface area contributed by atoms with Crippen LogP contribution in [0, 0.1) is 11.5 Å². The van der Waals surface area contributed by atoms with Gasteiger partial charge in [0.25, 0.3) is 5.91 Å². The maximum Gasteiger partial charge on any atom is 0.252 e. The summed E-state index contributed by atoms with van der Waals surface area (Å²) in [6.45, 7) is 6.49. The number of nitrogens with two attached hydrogens (primary N) is 1. The lowest BCUT2D eigenvalue weighted by Crippen LogP contribution is -2.17. The molecule has 2 aromatic heterocycles. The van der Waals surface area contributed by atoms with Crippen LogP contribution in [0.25, 0.3) is 5.65 Å². The topological polar surface area (TPSA) is 73.3 Å². The molecule has 0 atom stereocenters. The lowest BCUT2D eigenvalue weighted by molar-refractivity contribution is 0.100. The Morgan fingerprint density at radius 3 is 2.72 bits per heavy atom. The first-order chi connectivity index (χ1) is 8.38. The number of hydrogen-bond acceptors (Lipinski definition) is 3. The molecule has 2 N–H and O–H groups in total. The van der Waals surface area contributed by atoms with E-state index in [0.29, 0.717) is 11.2 Å². The molecule has 0 aromatic carbocycles. The number of aromatic nitrogens is 3. The molecule has 2 heterocycles. The Hall–Kier alpha value is -2.13. The van der Waals surface area contributed by atoms with Gasteiger partial charge in [0.05, 0.1) is 5.56 Å². The lowest BCUT2D eigenvalue weighted by atomic mass is 10.2. The zero-order valence-electron chi connectivity index (χ0n) is 10.6. The zero-order valence-corrected chi connectivity index (χ0v) is 11.6. The number of carbonyl (C=O) groups excluding carboxylic acids is 1. The first-order valence-corrected chi connectivity index (χ1v) is 9.04. The highest BCUT2D eigenvalue weighted by atomic mass is 28.3. The minimum absolute atomic E-state index is 0.353. The number of fused-ring (bicyclic) bond motifs is 1. The quantitative estimate of drug-likeness (QED) is 0.614. The van der Waals surface area contributed by atoms with Gasteiger partial charge in [-0.15, -0.1) is 5.54 Å². The van der Waals surface area contributed by atoms with E-state index in [2.05, 4.69) is 41.2 Å². The van der Waals surface area contributed by atoms with Crippen LogP contribution in [-0.2, 0) is 0 Å². The van der Waals surface area contributed by atoms with E-state index < -0.39 is 14.0 Å². The molecule has 0 radical (unpaired) electrons. The molecule has 6 heteroatoms. The molecule has 0 aliphatic heterocycles. The van der Waals surface area contributed by atoms with E-state index in [1.54, 1.807) is 16.6 Å². The summed E-state index contributed by atoms with van der Waals surface area (Å²) in [5, 5.41) is 4.07. The normalized spacial score (nSPS) is 11.1. The second kappa shape index (κ2) is 4.27. The molecule has 0 aliphatic rings. The Morgan fingerprint density at radius 1 is 1.39 bits per heavy atom. The van der Waals surface area contributed by atoms with Gasteiger partial charge in [0.15, 0.2) is 5.65 Å². The molecular weight excluding hydrogens is 244 g/mol. The second-order valence-electron chi connectivity index (χ2n) is 4.99. The minimum Gasteiger partial charge on any atom is -0.365 e. The SMILES string of the molecule is C[Si](C)(C)C#Cc1ccc(C(N)=O)c2ncnn12. The van der Waals surface area contributed by atoms with E-state index in [1.165, 1.54) is 6.33 Å². The predicted octanol–water partition coefficient (Wildman–Crippen LogP) is 1.06. The average molecular weight is 258 g/mol. The van der Waals surface area contributed by atoms with Crippen LogP contribution in [0.15, 0.2) is 18.5 Å². The fraction of sp³-hybridized carbons (Fsp3) is 0.250. The predicted molar refractivity (Wildman–Crippen MR) is 71.7 cm³/mol. The van der Waals surface area contributed by atoms with Crippen LogP contribution in [0.2, 0.25) is 19.6 Å². The molecule has 0 fully saturated rings. The monoisotopic (exact) mass is 258 g/mol. The summed E-state index contributed by atoms with van der Waals surface area (Å²) in [6.07, 6.45) is 1.39. The van der Waals surface area contributed by atoms with Gasteiger partial charge in [-0.25, -0.2) is 9.50 Å². The number of hydrogen-bond donors (Lipinski definition) is 1. The molecule has 18 heavy (non-hydrogen) atoms. The number of rotatable bonds is 1. The van der Waals surface area contributed by atoms with Crippen molar-refractivity contribution in [3.05, 3.63) is 29.7 Å². The summed E-state index contributed by atoms with van der Waals surface area (Å²) in [5.41, 5.74) is 10.1. The number of pyridine rings is 1. The van der Waals surface area contributed by atoms with Gasteiger partial charge in [0.1, 0.15) is 20.1 Å². The third-order valence-corrected chi connectivity index (χ3v) is 3.13. The highest BCUT2D eigenvalue weighted by molar-refractivity contribution is 6.83. The van der Waals surface area contributed by atoms with Gasteiger partial charge in [-0.2, -0.15) is 5.10 Å². The van der Waals surface area contributed by atoms with E-state index in [-0.39, 0.29) is 0 Å². The molecule has 0 bridgehead atoms. The molecular formula is C12H14N4OSi.